The quantitative estimate of drug-likeness (QED) is 0.0353. The Hall–Kier alpha value is -3.92. The summed E-state index contributed by atoms with van der Waals surface area (Å²) in [6.07, 6.45) is 7.71. The van der Waals surface area contributed by atoms with E-state index in [9.17, 15) is 4.79 Å². The second kappa shape index (κ2) is 22.9. The Labute approximate surface area is 413 Å². The van der Waals surface area contributed by atoms with Crippen LogP contribution in [-0.2, 0) is 27.8 Å². The Morgan fingerprint density at radius 1 is 0.750 bits per heavy atom. The van der Waals surface area contributed by atoms with Crippen LogP contribution < -0.4 is 15.1 Å². The van der Waals surface area contributed by atoms with E-state index < -0.39 is 48.7 Å². The number of carbonyl (C=O) groups excluding carboxylic acids is 1. The molecule has 68 heavy (non-hydrogen) atoms. The molecule has 370 valence electrons. The first-order chi connectivity index (χ1) is 31.8. The first kappa shape index (κ1) is 55.0. The van der Waals surface area contributed by atoms with Gasteiger partial charge in [-0.05, 0) is 89.9 Å². The maximum Gasteiger partial charge on any atom is 0.342 e. The molecule has 11 heteroatoms. The van der Waals surface area contributed by atoms with Crippen LogP contribution in [0.2, 0.25) is 48.9 Å². The topological polar surface area (TPSA) is 81.7 Å². The van der Waals surface area contributed by atoms with Gasteiger partial charge in [-0.15, -0.1) is 0 Å². The third-order valence-corrected chi connectivity index (χ3v) is 24.8. The highest BCUT2D eigenvalue weighted by Crippen LogP contribution is 2.42. The maximum atomic E-state index is 14.2. The van der Waals surface area contributed by atoms with E-state index in [1.54, 1.807) is 7.11 Å². The van der Waals surface area contributed by atoms with E-state index in [1.165, 1.54) is 10.4 Å². The van der Waals surface area contributed by atoms with E-state index in [0.717, 1.165) is 17.2 Å². The molecular weight excluding hydrogens is 897 g/mol. The van der Waals surface area contributed by atoms with Crippen molar-refractivity contribution in [1.82, 2.24) is 0 Å². The van der Waals surface area contributed by atoms with Crippen LogP contribution in [0.15, 0.2) is 121 Å². The Kier molecular flexibility index (Phi) is 18.5. The van der Waals surface area contributed by atoms with Gasteiger partial charge in [0.2, 0.25) is 0 Å². The van der Waals surface area contributed by atoms with Crippen molar-refractivity contribution in [2.24, 2.45) is 5.92 Å². The minimum atomic E-state index is -2.81. The molecule has 5 atom stereocenters. The van der Waals surface area contributed by atoms with Crippen LogP contribution in [0, 0.1) is 5.92 Å². The molecule has 0 aliphatic carbocycles. The van der Waals surface area contributed by atoms with Crippen molar-refractivity contribution in [2.75, 3.05) is 20.5 Å². The van der Waals surface area contributed by atoms with Crippen LogP contribution in [0.3, 0.4) is 0 Å². The molecule has 0 radical (unpaired) electrons. The molecule has 5 rings (SSSR count). The Balaban J connectivity index is 1.53. The summed E-state index contributed by atoms with van der Waals surface area (Å²) >= 11 is 0. The Bertz CT molecular complexity index is 2240. The van der Waals surface area contributed by atoms with Crippen LogP contribution in [0.4, 0.5) is 0 Å². The molecule has 0 saturated carbocycles. The minimum absolute atomic E-state index is 0.0147. The van der Waals surface area contributed by atoms with Crippen molar-refractivity contribution in [2.45, 2.75) is 155 Å². The highest BCUT2D eigenvalue weighted by Gasteiger charge is 2.52. The number of hydrogen-bond donors (Lipinski definition) is 0. The van der Waals surface area contributed by atoms with Gasteiger partial charge in [-0.2, -0.15) is 0 Å². The monoisotopic (exact) mass is 979 g/mol. The lowest BCUT2D eigenvalue weighted by Crippen LogP contribution is -2.67. The third-order valence-electron chi connectivity index (χ3n) is 13.5. The molecule has 1 saturated heterocycles. The molecule has 0 aromatic heterocycles. The van der Waals surface area contributed by atoms with Crippen LogP contribution in [0.5, 0.6) is 5.75 Å². The highest BCUT2D eigenvalue weighted by molar-refractivity contribution is 6.99. The standard InChI is InChI=1S/C57H82O8Si3/c1-42(43(2)64-68(56(6,7)8,45-29-22-18-23-30-45)46-31-24-19-25-32-46)35-37-51(65-67(15,16)55(3,4)5)53-50(62-57(9,10)63-53)34-26-33-48-47(44-27-20-17-21-28-44)36-38-49(61-41-59-11)52(48)54(58)60-39-40-66(12,13)14/h17-33,35-38,42-43,50-51,53H,34,39-41H2,1-16H3/b33-26+,37-35-/t42-,43-,50+,51?,53-/m0/s1. The molecule has 4 aromatic rings. The van der Waals surface area contributed by atoms with Gasteiger partial charge in [0, 0.05) is 26.9 Å². The maximum absolute atomic E-state index is 14.2. The van der Waals surface area contributed by atoms with Crippen molar-refractivity contribution in [3.63, 3.8) is 0 Å². The number of methoxy groups -OCH3 is 1. The summed E-state index contributed by atoms with van der Waals surface area (Å²) in [4.78, 5) is 14.2. The Morgan fingerprint density at radius 2 is 1.32 bits per heavy atom. The normalized spacial score (nSPS) is 18.5. The zero-order chi connectivity index (χ0) is 50.1. The molecule has 8 nitrogen and oxygen atoms in total. The molecule has 1 aliphatic heterocycles. The van der Waals surface area contributed by atoms with E-state index >= 15 is 0 Å². The third kappa shape index (κ3) is 13.9. The lowest BCUT2D eigenvalue weighted by Gasteiger charge is -2.45. The predicted molar refractivity (Wildman–Crippen MR) is 289 cm³/mol. The van der Waals surface area contributed by atoms with E-state index in [1.807, 2.05) is 62.4 Å². The molecule has 4 aromatic carbocycles. The fourth-order valence-corrected chi connectivity index (χ4v) is 15.3. The fourth-order valence-electron chi connectivity index (χ4n) is 8.51. The van der Waals surface area contributed by atoms with Gasteiger partial charge in [-0.3, -0.25) is 0 Å². The van der Waals surface area contributed by atoms with E-state index in [2.05, 4.69) is 167 Å². The first-order valence-electron chi connectivity index (χ1n) is 24.5. The lowest BCUT2D eigenvalue weighted by atomic mass is 9.93. The zero-order valence-corrected chi connectivity index (χ0v) is 47.1. The molecule has 1 heterocycles. The lowest BCUT2D eigenvalue weighted by molar-refractivity contribution is -0.151. The number of carbonyl (C=O) groups is 1. The van der Waals surface area contributed by atoms with Gasteiger partial charge in [-0.25, -0.2) is 4.79 Å². The molecule has 0 bridgehead atoms. The van der Waals surface area contributed by atoms with Crippen molar-refractivity contribution in [3.8, 4) is 16.9 Å². The van der Waals surface area contributed by atoms with Gasteiger partial charge in [0.25, 0.3) is 8.32 Å². The van der Waals surface area contributed by atoms with Gasteiger partial charge in [0.15, 0.2) is 20.9 Å². The van der Waals surface area contributed by atoms with Crippen LogP contribution >= 0.6 is 0 Å². The van der Waals surface area contributed by atoms with E-state index in [0.29, 0.717) is 29.9 Å². The van der Waals surface area contributed by atoms with Crippen molar-refractivity contribution in [1.29, 1.82) is 0 Å². The van der Waals surface area contributed by atoms with Crippen molar-refractivity contribution in [3.05, 3.63) is 132 Å². The van der Waals surface area contributed by atoms with Crippen LogP contribution in [0.25, 0.3) is 17.2 Å². The molecule has 1 fully saturated rings. The van der Waals surface area contributed by atoms with Crippen molar-refractivity contribution < 1.29 is 37.3 Å². The van der Waals surface area contributed by atoms with Gasteiger partial charge in [-0.1, -0.05) is 189 Å². The van der Waals surface area contributed by atoms with Crippen LogP contribution in [0.1, 0.15) is 91.6 Å². The number of rotatable bonds is 21. The predicted octanol–water partition coefficient (Wildman–Crippen LogP) is 13.3. The number of ether oxygens (including phenoxy) is 5. The molecule has 0 N–H and O–H groups in total. The number of hydrogen-bond acceptors (Lipinski definition) is 8. The van der Waals surface area contributed by atoms with Gasteiger partial charge >= 0.3 is 5.97 Å². The first-order valence-corrected chi connectivity index (χ1v) is 33.0. The average Bonchev–Trinajstić information content (AvgIpc) is 3.58. The summed E-state index contributed by atoms with van der Waals surface area (Å²) in [5.74, 6) is -0.865. The second-order valence-electron chi connectivity index (χ2n) is 22.6. The van der Waals surface area contributed by atoms with Gasteiger partial charge in [0.05, 0.1) is 18.8 Å². The summed E-state index contributed by atoms with van der Waals surface area (Å²) in [7, 11) is -5.07. The Morgan fingerprint density at radius 3 is 1.85 bits per heavy atom. The fraction of sp³-hybridized carbons (Fsp3) is 0.491. The average molecular weight is 980 g/mol. The second-order valence-corrected chi connectivity index (χ2v) is 37.2. The summed E-state index contributed by atoms with van der Waals surface area (Å²) < 4.78 is 45.9. The molecule has 1 unspecified atom stereocenters. The van der Waals surface area contributed by atoms with E-state index in [4.69, 9.17) is 32.5 Å². The molecule has 0 spiro atoms. The van der Waals surface area contributed by atoms with Gasteiger partial charge < -0.3 is 32.5 Å². The molecule has 1 aliphatic rings. The largest absolute Gasteiger partial charge is 0.467 e. The summed E-state index contributed by atoms with van der Waals surface area (Å²) in [5, 5.41) is 2.30. The summed E-state index contributed by atoms with van der Waals surface area (Å²) in [6.45, 7) is 33.8. The summed E-state index contributed by atoms with van der Waals surface area (Å²) in [6, 6.07) is 36.4. The van der Waals surface area contributed by atoms with Crippen LogP contribution in [-0.4, -0.2) is 81.4 Å². The molecule has 0 amide bonds. The minimum Gasteiger partial charge on any atom is -0.467 e. The smallest absolute Gasteiger partial charge is 0.342 e. The number of benzene rings is 4. The summed E-state index contributed by atoms with van der Waals surface area (Å²) in [5.41, 5.74) is 2.92. The zero-order valence-electron chi connectivity index (χ0n) is 44.1. The molecular formula is C57H82O8Si3. The van der Waals surface area contributed by atoms with Crippen molar-refractivity contribution >= 4 is 47.1 Å². The SMILES string of the molecule is COCOc1ccc(-c2ccccc2)c(/C=C/C[C@H]2OC(C)(C)O[C@@H]2C(/C=C\[C@H](C)[C@H](C)O[Si](c2ccccc2)(c2ccccc2)C(C)(C)C)O[Si](C)(C)C(C)(C)C)c1C(=O)OCC[Si](C)(C)C. The van der Waals surface area contributed by atoms with E-state index in [-0.39, 0.29) is 35.0 Å². The van der Waals surface area contributed by atoms with Gasteiger partial charge in [0.1, 0.15) is 17.4 Å². The number of esters is 1. The highest BCUT2D eigenvalue weighted by atomic mass is 28.4.